The molecule has 0 saturated heterocycles. The fourth-order valence-electron chi connectivity index (χ4n) is 3.17. The molecule has 0 unspecified atom stereocenters. The molecule has 0 saturated carbocycles. The highest BCUT2D eigenvalue weighted by molar-refractivity contribution is 5.89. The Morgan fingerprint density at radius 3 is 2.86 bits per heavy atom. The number of carboxylic acids is 1. The Labute approximate surface area is 165 Å². The maximum Gasteiger partial charge on any atom is 0.335 e. The van der Waals surface area contributed by atoms with E-state index < -0.39 is 11.6 Å². The number of carboxylic acid groups (broad SMARTS) is 1. The van der Waals surface area contributed by atoms with Crippen molar-refractivity contribution in [3.8, 4) is 23.0 Å². The van der Waals surface area contributed by atoms with Crippen LogP contribution in [-0.4, -0.2) is 36.6 Å². The predicted octanol–water partition coefficient (Wildman–Crippen LogP) is 2.22. The number of rotatable bonds is 5. The molecule has 2 aromatic heterocycles. The summed E-state index contributed by atoms with van der Waals surface area (Å²) in [6.45, 7) is 3.82. The maximum absolute atomic E-state index is 12.0. The molecule has 0 fully saturated rings. The van der Waals surface area contributed by atoms with Crippen molar-refractivity contribution in [1.29, 1.82) is 0 Å². The number of aromatic amines is 1. The maximum atomic E-state index is 12.0. The van der Waals surface area contributed by atoms with Crippen LogP contribution >= 0.6 is 0 Å². The second-order valence-electron chi connectivity index (χ2n) is 7.26. The predicted molar refractivity (Wildman–Crippen MR) is 102 cm³/mol. The summed E-state index contributed by atoms with van der Waals surface area (Å²) in [6.07, 6.45) is 5.09. The van der Waals surface area contributed by atoms with Crippen molar-refractivity contribution >= 4 is 5.97 Å². The third-order valence-corrected chi connectivity index (χ3v) is 4.38. The zero-order valence-electron chi connectivity index (χ0n) is 15.8. The van der Waals surface area contributed by atoms with E-state index in [1.807, 2.05) is 13.8 Å². The lowest BCUT2D eigenvalue weighted by Gasteiger charge is -2.16. The van der Waals surface area contributed by atoms with Crippen LogP contribution < -0.4 is 15.0 Å². The van der Waals surface area contributed by atoms with E-state index in [1.54, 1.807) is 0 Å². The number of nitrogens with one attached hydrogen (secondary N) is 1. The minimum absolute atomic E-state index is 0.0207. The van der Waals surface area contributed by atoms with Crippen molar-refractivity contribution in [3.63, 3.8) is 0 Å². The largest absolute Gasteiger partial charge is 0.487 e. The number of fused-ring (bicyclic) bond motifs is 1. The quantitative estimate of drug-likeness (QED) is 0.674. The van der Waals surface area contributed by atoms with E-state index in [9.17, 15) is 14.7 Å². The van der Waals surface area contributed by atoms with Gasteiger partial charge >= 0.3 is 5.97 Å². The number of hydrogen-bond acceptors (Lipinski definition) is 7. The highest BCUT2D eigenvalue weighted by atomic mass is 16.5. The number of nitrogens with zero attached hydrogens (tertiary/aromatic N) is 3. The Bertz CT molecular complexity index is 1140. The molecule has 0 radical (unpaired) electrons. The SMILES string of the molecule is CC1(C)Cc2c(OCc3cc(=O)[nH]c(-c4cnccn4)n3)cc(C(=O)O)cc2O1. The standard InChI is InChI=1S/C20H18N4O5/c1-20(2)8-13-15(5-11(19(26)27)6-16(13)29-20)28-10-12-7-17(25)24-18(23-12)14-9-21-3-4-22-14/h3-7,9H,8,10H2,1-2H3,(H,26,27)(H,23,24,25). The Kier molecular flexibility index (Phi) is 4.50. The summed E-state index contributed by atoms with van der Waals surface area (Å²) in [5.41, 5.74) is 0.846. The van der Waals surface area contributed by atoms with Gasteiger partial charge in [-0.3, -0.25) is 9.78 Å². The van der Waals surface area contributed by atoms with E-state index >= 15 is 0 Å². The highest BCUT2D eigenvalue weighted by Crippen LogP contribution is 2.41. The van der Waals surface area contributed by atoms with Gasteiger partial charge in [0.25, 0.3) is 5.56 Å². The van der Waals surface area contributed by atoms with Gasteiger partial charge < -0.3 is 19.6 Å². The molecule has 148 valence electrons. The van der Waals surface area contributed by atoms with Crippen LogP contribution in [0.25, 0.3) is 11.5 Å². The van der Waals surface area contributed by atoms with Gasteiger partial charge in [-0.05, 0) is 26.0 Å². The van der Waals surface area contributed by atoms with Crippen molar-refractivity contribution in [2.75, 3.05) is 0 Å². The van der Waals surface area contributed by atoms with Crippen LogP contribution in [0, 0.1) is 0 Å². The molecule has 2 N–H and O–H groups in total. The number of aromatic carboxylic acids is 1. The van der Waals surface area contributed by atoms with Gasteiger partial charge in [-0.2, -0.15) is 0 Å². The first kappa shape index (κ1) is 18.6. The first-order valence-corrected chi connectivity index (χ1v) is 8.89. The number of aromatic nitrogens is 4. The van der Waals surface area contributed by atoms with Crippen LogP contribution in [0.3, 0.4) is 0 Å². The summed E-state index contributed by atoms with van der Waals surface area (Å²) >= 11 is 0. The first-order chi connectivity index (χ1) is 13.8. The smallest absolute Gasteiger partial charge is 0.335 e. The molecule has 9 heteroatoms. The summed E-state index contributed by atoms with van der Waals surface area (Å²) in [6, 6.07) is 4.28. The van der Waals surface area contributed by atoms with Gasteiger partial charge in [-0.15, -0.1) is 0 Å². The fourth-order valence-corrected chi connectivity index (χ4v) is 3.17. The lowest BCUT2D eigenvalue weighted by molar-refractivity contribution is 0.0695. The molecule has 0 spiro atoms. The molecule has 4 rings (SSSR count). The number of hydrogen-bond donors (Lipinski definition) is 2. The summed E-state index contributed by atoms with van der Waals surface area (Å²) < 4.78 is 11.7. The van der Waals surface area contributed by atoms with E-state index in [2.05, 4.69) is 19.9 Å². The van der Waals surface area contributed by atoms with Crippen LogP contribution in [0.5, 0.6) is 11.5 Å². The molecule has 0 atom stereocenters. The van der Waals surface area contributed by atoms with Crippen molar-refractivity contribution in [2.24, 2.45) is 0 Å². The van der Waals surface area contributed by atoms with E-state index in [1.165, 1.54) is 36.8 Å². The highest BCUT2D eigenvalue weighted by Gasteiger charge is 2.33. The van der Waals surface area contributed by atoms with E-state index in [4.69, 9.17) is 9.47 Å². The Hall–Kier alpha value is -3.75. The van der Waals surface area contributed by atoms with Crippen LogP contribution in [-0.2, 0) is 13.0 Å². The third-order valence-electron chi connectivity index (χ3n) is 4.38. The summed E-state index contributed by atoms with van der Waals surface area (Å²) in [7, 11) is 0. The second-order valence-corrected chi connectivity index (χ2v) is 7.26. The molecule has 1 aromatic carbocycles. The summed E-state index contributed by atoms with van der Waals surface area (Å²) in [5, 5.41) is 9.37. The lowest BCUT2D eigenvalue weighted by atomic mass is 10.00. The normalized spacial score (nSPS) is 14.1. The fraction of sp³-hybridized carbons (Fsp3) is 0.250. The van der Waals surface area contributed by atoms with Gasteiger partial charge in [0, 0.05) is 30.4 Å². The Morgan fingerprint density at radius 2 is 2.14 bits per heavy atom. The Morgan fingerprint density at radius 1 is 1.31 bits per heavy atom. The van der Waals surface area contributed by atoms with Crippen LogP contribution in [0.15, 0.2) is 41.6 Å². The molecule has 1 aliphatic heterocycles. The molecule has 29 heavy (non-hydrogen) atoms. The van der Waals surface area contributed by atoms with E-state index in [0.717, 1.165) is 5.56 Å². The first-order valence-electron chi connectivity index (χ1n) is 8.89. The molecule has 3 heterocycles. The van der Waals surface area contributed by atoms with Crippen molar-refractivity contribution < 1.29 is 19.4 Å². The topological polar surface area (TPSA) is 127 Å². The van der Waals surface area contributed by atoms with Crippen molar-refractivity contribution in [2.45, 2.75) is 32.5 Å². The van der Waals surface area contributed by atoms with E-state index in [0.29, 0.717) is 29.3 Å². The monoisotopic (exact) mass is 394 g/mol. The molecule has 0 bridgehead atoms. The minimum Gasteiger partial charge on any atom is -0.487 e. The average Bonchev–Trinajstić information content (AvgIpc) is 3.00. The van der Waals surface area contributed by atoms with Gasteiger partial charge in [0.15, 0.2) is 5.82 Å². The van der Waals surface area contributed by atoms with Gasteiger partial charge in [0.2, 0.25) is 0 Å². The van der Waals surface area contributed by atoms with E-state index in [-0.39, 0.29) is 23.6 Å². The van der Waals surface area contributed by atoms with Crippen LogP contribution in [0.2, 0.25) is 0 Å². The van der Waals surface area contributed by atoms with Gasteiger partial charge in [-0.1, -0.05) is 0 Å². The molecular weight excluding hydrogens is 376 g/mol. The molecular formula is C20H18N4O5. The molecule has 1 aliphatic rings. The van der Waals surface area contributed by atoms with Crippen molar-refractivity contribution in [1.82, 2.24) is 19.9 Å². The number of H-pyrrole nitrogens is 1. The average molecular weight is 394 g/mol. The molecule has 9 nitrogen and oxygen atoms in total. The van der Waals surface area contributed by atoms with Gasteiger partial charge in [0.1, 0.15) is 29.4 Å². The minimum atomic E-state index is -1.08. The zero-order valence-corrected chi connectivity index (χ0v) is 15.8. The van der Waals surface area contributed by atoms with Gasteiger partial charge in [0.05, 0.1) is 17.5 Å². The number of carbonyl (C=O) groups is 1. The lowest BCUT2D eigenvalue weighted by Crippen LogP contribution is -2.24. The molecule has 3 aromatic rings. The third kappa shape index (κ3) is 3.93. The summed E-state index contributed by atoms with van der Waals surface area (Å²) in [5.74, 6) is 0.0842. The molecule has 0 aliphatic carbocycles. The van der Waals surface area contributed by atoms with Gasteiger partial charge in [-0.25, -0.2) is 14.8 Å². The second kappa shape index (κ2) is 7.01. The number of benzene rings is 1. The zero-order chi connectivity index (χ0) is 20.6. The van der Waals surface area contributed by atoms with Crippen molar-refractivity contribution in [3.05, 3.63) is 64.0 Å². The Balaban J connectivity index is 1.64. The summed E-state index contributed by atoms with van der Waals surface area (Å²) in [4.78, 5) is 38.5. The van der Waals surface area contributed by atoms with Crippen LogP contribution in [0.4, 0.5) is 0 Å². The van der Waals surface area contributed by atoms with Crippen LogP contribution in [0.1, 0.15) is 35.5 Å². The molecule has 0 amide bonds. The number of ether oxygens (including phenoxy) is 2.